The summed E-state index contributed by atoms with van der Waals surface area (Å²) in [4.78, 5) is 12.7. The van der Waals surface area contributed by atoms with Gasteiger partial charge in [-0.1, -0.05) is 12.2 Å². The molecule has 0 aliphatic heterocycles. The van der Waals surface area contributed by atoms with E-state index < -0.39 is 0 Å². The number of hydrogen-bond acceptors (Lipinski definition) is 3. The van der Waals surface area contributed by atoms with Gasteiger partial charge in [-0.05, 0) is 54.9 Å². The van der Waals surface area contributed by atoms with E-state index in [1.54, 1.807) is 25.1 Å². The highest BCUT2D eigenvalue weighted by molar-refractivity contribution is 9.10. The predicted octanol–water partition coefficient (Wildman–Crippen LogP) is 3.85. The number of aryl methyl sites for hydroxylation is 2. The van der Waals surface area contributed by atoms with Crippen LogP contribution in [0.3, 0.4) is 0 Å². The molecule has 1 amide bonds. The number of carbonyl (C=O) groups excluding carboxylic acids is 1. The normalized spacial score (nSPS) is 10.5. The molecule has 21 heavy (non-hydrogen) atoms. The minimum atomic E-state index is -0.203. The monoisotopic (exact) mass is 366 g/mol. The van der Waals surface area contributed by atoms with Gasteiger partial charge in [0.1, 0.15) is 16.5 Å². The van der Waals surface area contributed by atoms with Crippen molar-refractivity contribution in [2.75, 3.05) is 5.32 Å². The molecule has 1 aromatic carbocycles. The molecule has 2 aromatic rings. The highest BCUT2D eigenvalue weighted by Crippen LogP contribution is 2.26. The molecule has 0 bridgehead atoms. The number of anilines is 1. The van der Waals surface area contributed by atoms with Crippen molar-refractivity contribution in [2.24, 2.45) is 5.73 Å². The molecule has 0 spiro atoms. The summed E-state index contributed by atoms with van der Waals surface area (Å²) >= 11 is 8.33. The van der Waals surface area contributed by atoms with Gasteiger partial charge in [-0.25, -0.2) is 0 Å². The Hall–Kier alpha value is -1.66. The lowest BCUT2D eigenvalue weighted by Gasteiger charge is -2.09. The zero-order chi connectivity index (χ0) is 15.7. The molecule has 4 nitrogen and oxygen atoms in total. The number of amides is 1. The average Bonchev–Trinajstić information content (AvgIpc) is 2.65. The number of furan rings is 1. The van der Waals surface area contributed by atoms with E-state index in [-0.39, 0.29) is 5.91 Å². The van der Waals surface area contributed by atoms with Crippen molar-refractivity contribution >= 4 is 44.7 Å². The number of nitrogens with one attached hydrogen (secondary N) is 1. The molecule has 0 radical (unpaired) electrons. The van der Waals surface area contributed by atoms with Crippen molar-refractivity contribution in [2.45, 2.75) is 20.8 Å². The Bertz CT molecular complexity index is 738. The quantitative estimate of drug-likeness (QED) is 0.809. The lowest BCUT2D eigenvalue weighted by molar-refractivity contribution is 0.102. The third-order valence-corrected chi connectivity index (χ3v) is 4.18. The second kappa shape index (κ2) is 5.99. The van der Waals surface area contributed by atoms with Crippen LogP contribution in [-0.2, 0) is 0 Å². The maximum Gasteiger partial charge on any atom is 0.259 e. The molecule has 0 fully saturated rings. The fourth-order valence-corrected chi connectivity index (χ4v) is 2.69. The third kappa shape index (κ3) is 3.16. The number of carbonyl (C=O) groups is 1. The van der Waals surface area contributed by atoms with Crippen molar-refractivity contribution in [3.05, 3.63) is 50.9 Å². The largest absolute Gasteiger partial charge is 0.466 e. The average molecular weight is 367 g/mol. The fraction of sp³-hybridized carbons (Fsp3) is 0.200. The van der Waals surface area contributed by atoms with Crippen LogP contribution in [0.5, 0.6) is 0 Å². The molecule has 6 heteroatoms. The molecule has 0 aliphatic carbocycles. The van der Waals surface area contributed by atoms with Gasteiger partial charge in [-0.2, -0.15) is 0 Å². The van der Waals surface area contributed by atoms with Gasteiger partial charge in [0.25, 0.3) is 5.91 Å². The zero-order valence-corrected chi connectivity index (χ0v) is 14.3. The summed E-state index contributed by atoms with van der Waals surface area (Å²) in [6, 6.07) is 5.30. The summed E-state index contributed by atoms with van der Waals surface area (Å²) < 4.78 is 6.20. The smallest absolute Gasteiger partial charge is 0.259 e. The topological polar surface area (TPSA) is 68.3 Å². The number of thiocarbonyl (C=S) groups is 1. The highest BCUT2D eigenvalue weighted by atomic mass is 79.9. The molecule has 2 rings (SSSR count). The summed E-state index contributed by atoms with van der Waals surface area (Å²) in [6.45, 7) is 5.48. The van der Waals surface area contributed by atoms with Gasteiger partial charge in [-0.15, -0.1) is 0 Å². The molecule has 0 unspecified atom stereocenters. The van der Waals surface area contributed by atoms with Crippen LogP contribution in [0.2, 0.25) is 0 Å². The number of hydrogen-bond donors (Lipinski definition) is 2. The summed E-state index contributed by atoms with van der Waals surface area (Å²) in [6.07, 6.45) is 0. The molecule has 1 aromatic heterocycles. The van der Waals surface area contributed by atoms with Crippen molar-refractivity contribution < 1.29 is 9.21 Å². The molecule has 0 saturated heterocycles. The molecule has 1 heterocycles. The lowest BCUT2D eigenvalue weighted by Crippen LogP contribution is -2.15. The molecule has 0 atom stereocenters. The van der Waals surface area contributed by atoms with Gasteiger partial charge in [0.15, 0.2) is 0 Å². The van der Waals surface area contributed by atoms with Crippen molar-refractivity contribution in [1.29, 1.82) is 0 Å². The summed E-state index contributed by atoms with van der Waals surface area (Å²) in [5.41, 5.74) is 8.38. The SMILES string of the molecule is Cc1oc(C)c(C(=O)Nc2ccc(C(N)=S)cc2Br)c1C. The second-order valence-corrected chi connectivity index (χ2v) is 6.02. The van der Waals surface area contributed by atoms with E-state index in [9.17, 15) is 4.79 Å². The first-order valence-corrected chi connectivity index (χ1v) is 7.48. The van der Waals surface area contributed by atoms with Crippen LogP contribution in [0, 0.1) is 20.8 Å². The Morgan fingerprint density at radius 1 is 1.29 bits per heavy atom. The number of nitrogens with two attached hydrogens (primary N) is 1. The van der Waals surface area contributed by atoms with Crippen LogP contribution in [0.1, 0.15) is 33.0 Å². The van der Waals surface area contributed by atoms with Crippen molar-refractivity contribution in [1.82, 2.24) is 0 Å². The Morgan fingerprint density at radius 2 is 1.95 bits per heavy atom. The van der Waals surface area contributed by atoms with Gasteiger partial charge in [0.2, 0.25) is 0 Å². The minimum Gasteiger partial charge on any atom is -0.466 e. The first kappa shape index (κ1) is 15.7. The zero-order valence-electron chi connectivity index (χ0n) is 11.9. The van der Waals surface area contributed by atoms with Gasteiger partial charge >= 0.3 is 0 Å². The summed E-state index contributed by atoms with van der Waals surface area (Å²) in [7, 11) is 0. The highest BCUT2D eigenvalue weighted by Gasteiger charge is 2.19. The second-order valence-electron chi connectivity index (χ2n) is 4.73. The Morgan fingerprint density at radius 3 is 2.43 bits per heavy atom. The van der Waals surface area contributed by atoms with E-state index in [1.165, 1.54) is 0 Å². The van der Waals surface area contributed by atoms with Gasteiger partial charge in [-0.3, -0.25) is 4.79 Å². The van der Waals surface area contributed by atoms with Crippen LogP contribution in [-0.4, -0.2) is 10.9 Å². The number of benzene rings is 1. The van der Waals surface area contributed by atoms with E-state index in [2.05, 4.69) is 21.2 Å². The van der Waals surface area contributed by atoms with Crippen molar-refractivity contribution in [3.8, 4) is 0 Å². The molecular weight excluding hydrogens is 352 g/mol. The van der Waals surface area contributed by atoms with Crippen LogP contribution < -0.4 is 11.1 Å². The number of halogens is 1. The Kier molecular flexibility index (Phi) is 4.49. The maximum absolute atomic E-state index is 12.4. The first-order chi connectivity index (χ1) is 9.81. The maximum atomic E-state index is 12.4. The van der Waals surface area contributed by atoms with E-state index >= 15 is 0 Å². The van der Waals surface area contributed by atoms with E-state index in [0.29, 0.717) is 22.0 Å². The Balaban J connectivity index is 2.30. The van der Waals surface area contributed by atoms with Crippen LogP contribution in [0.4, 0.5) is 5.69 Å². The van der Waals surface area contributed by atoms with Crippen LogP contribution in [0.15, 0.2) is 27.1 Å². The standard InChI is InChI=1S/C15H15BrN2O2S/c1-7-8(2)20-9(3)13(7)15(19)18-12-5-4-10(14(17)21)6-11(12)16/h4-6H,1-3H3,(H2,17,21)(H,18,19). The molecule has 3 N–H and O–H groups in total. The van der Waals surface area contributed by atoms with Crippen molar-refractivity contribution in [3.63, 3.8) is 0 Å². The third-order valence-electron chi connectivity index (χ3n) is 3.29. The van der Waals surface area contributed by atoms with Crippen LogP contribution in [0.25, 0.3) is 0 Å². The van der Waals surface area contributed by atoms with Gasteiger partial charge in [0, 0.05) is 15.6 Å². The van der Waals surface area contributed by atoms with E-state index in [4.69, 9.17) is 22.4 Å². The lowest BCUT2D eigenvalue weighted by atomic mass is 10.1. The summed E-state index contributed by atoms with van der Waals surface area (Å²) in [5, 5.41) is 2.86. The first-order valence-electron chi connectivity index (χ1n) is 6.28. The Labute approximate surface area is 136 Å². The van der Waals surface area contributed by atoms with E-state index in [1.807, 2.05) is 13.8 Å². The predicted molar refractivity (Wildman–Crippen MR) is 90.9 cm³/mol. The molecule has 0 aliphatic rings. The minimum absolute atomic E-state index is 0.203. The van der Waals surface area contributed by atoms with Crippen LogP contribution >= 0.6 is 28.1 Å². The fourth-order valence-electron chi connectivity index (χ4n) is 2.08. The number of rotatable bonds is 3. The summed E-state index contributed by atoms with van der Waals surface area (Å²) in [5.74, 6) is 1.16. The molecule has 110 valence electrons. The van der Waals surface area contributed by atoms with Gasteiger partial charge in [0.05, 0.1) is 11.3 Å². The van der Waals surface area contributed by atoms with Gasteiger partial charge < -0.3 is 15.5 Å². The molecule has 0 saturated carbocycles. The van der Waals surface area contributed by atoms with E-state index in [0.717, 1.165) is 21.4 Å². The molecular formula is C15H15BrN2O2S.